The van der Waals surface area contributed by atoms with Crippen LogP contribution in [0.15, 0.2) is 6.07 Å². The van der Waals surface area contributed by atoms with Crippen molar-refractivity contribution in [1.29, 1.82) is 0 Å². The van der Waals surface area contributed by atoms with Crippen LogP contribution in [-0.2, 0) is 9.59 Å². The van der Waals surface area contributed by atoms with E-state index in [1.807, 2.05) is 27.7 Å². The second kappa shape index (κ2) is 10.5. The molecule has 0 saturated heterocycles. The van der Waals surface area contributed by atoms with E-state index in [2.05, 4.69) is 18.8 Å². The molecule has 6 nitrogen and oxygen atoms in total. The lowest BCUT2D eigenvalue weighted by atomic mass is 9.82. The summed E-state index contributed by atoms with van der Waals surface area (Å²) in [5, 5.41) is 9.88. The Kier molecular flexibility index (Phi) is 8.53. The smallest absolute Gasteiger partial charge is 0.348 e. The molecule has 0 radical (unpaired) electrons. The number of hydrogen-bond donors (Lipinski definition) is 1. The monoisotopic (exact) mass is 460 g/mol. The average molecular weight is 461 g/mol. The number of carbonyl (C=O) groups is 3. The van der Waals surface area contributed by atoms with Gasteiger partial charge in [0.25, 0.3) is 0 Å². The fraction of sp³-hybridized carbons (Fsp3) is 0.640. The normalized spacial score (nSPS) is 19.5. The van der Waals surface area contributed by atoms with Crippen LogP contribution in [0, 0.1) is 29.1 Å². The molecule has 2 amide bonds. The van der Waals surface area contributed by atoms with E-state index in [0.717, 1.165) is 37.0 Å². The molecule has 1 heterocycles. The van der Waals surface area contributed by atoms with E-state index in [1.54, 1.807) is 25.1 Å². The summed E-state index contributed by atoms with van der Waals surface area (Å²) in [7, 11) is 3.36. The molecule has 0 aromatic carbocycles. The van der Waals surface area contributed by atoms with Gasteiger partial charge in [0.05, 0.1) is 10.6 Å². The highest BCUT2D eigenvalue weighted by Crippen LogP contribution is 2.36. The minimum absolute atomic E-state index is 0.0879. The maximum atomic E-state index is 13.7. The SMILES string of the molecule is CC1CCC(C(=O)N(c2cc(C#CC(C)(C)C)sc2C(=O)O)C(C)CC(=O)N(C)C)CC1. The number of carbonyl (C=O) groups excluding carboxylic acids is 2. The molecular formula is C25H36N2O4S. The van der Waals surface area contributed by atoms with Crippen LogP contribution in [0.2, 0.25) is 0 Å². The number of amides is 2. The van der Waals surface area contributed by atoms with Crippen molar-refractivity contribution in [2.45, 2.75) is 72.8 Å². The molecule has 1 atom stereocenters. The summed E-state index contributed by atoms with van der Waals surface area (Å²) in [6.07, 6.45) is 3.65. The Bertz CT molecular complexity index is 909. The third kappa shape index (κ3) is 6.83. The van der Waals surface area contributed by atoms with Crippen LogP contribution in [0.25, 0.3) is 0 Å². The van der Waals surface area contributed by atoms with Crippen molar-refractivity contribution in [1.82, 2.24) is 4.90 Å². The maximum Gasteiger partial charge on any atom is 0.348 e. The minimum Gasteiger partial charge on any atom is -0.477 e. The Morgan fingerprint density at radius 2 is 1.78 bits per heavy atom. The van der Waals surface area contributed by atoms with Crippen LogP contribution < -0.4 is 4.90 Å². The van der Waals surface area contributed by atoms with Gasteiger partial charge in [0, 0.05) is 37.9 Å². The molecule has 1 fully saturated rings. The summed E-state index contributed by atoms with van der Waals surface area (Å²) in [6, 6.07) is 1.24. The third-order valence-corrected chi connectivity index (χ3v) is 6.77. The molecule has 1 unspecified atom stereocenters. The Labute approximate surface area is 196 Å². The van der Waals surface area contributed by atoms with Crippen molar-refractivity contribution in [2.75, 3.05) is 19.0 Å². The molecule has 1 saturated carbocycles. The highest BCUT2D eigenvalue weighted by molar-refractivity contribution is 7.15. The number of carboxylic acid groups (broad SMARTS) is 1. The van der Waals surface area contributed by atoms with Gasteiger partial charge >= 0.3 is 5.97 Å². The summed E-state index contributed by atoms with van der Waals surface area (Å²) in [4.78, 5) is 41.9. The van der Waals surface area contributed by atoms with E-state index >= 15 is 0 Å². The third-order valence-electron chi connectivity index (χ3n) is 5.74. The molecule has 32 heavy (non-hydrogen) atoms. The van der Waals surface area contributed by atoms with Crippen LogP contribution in [-0.4, -0.2) is 47.9 Å². The summed E-state index contributed by atoms with van der Waals surface area (Å²) < 4.78 is 0. The Hall–Kier alpha value is -2.33. The van der Waals surface area contributed by atoms with E-state index in [-0.39, 0.29) is 34.4 Å². The standard InChI is InChI=1S/C25H36N2O4S/c1-16-8-10-18(11-9-16)23(29)27(17(2)14-21(28)26(6)7)20-15-19(12-13-25(3,4)5)32-22(20)24(30)31/h15-18H,8-11,14H2,1-7H3,(H,30,31). The van der Waals surface area contributed by atoms with Crippen LogP contribution in [0.1, 0.15) is 81.3 Å². The van der Waals surface area contributed by atoms with E-state index in [1.165, 1.54) is 4.90 Å². The Morgan fingerprint density at radius 3 is 2.28 bits per heavy atom. The van der Waals surface area contributed by atoms with Crippen molar-refractivity contribution < 1.29 is 19.5 Å². The number of anilines is 1. The first-order valence-corrected chi connectivity index (χ1v) is 12.0. The first-order chi connectivity index (χ1) is 14.8. The van der Waals surface area contributed by atoms with Crippen LogP contribution in [0.4, 0.5) is 5.69 Å². The second-order valence-electron chi connectivity index (χ2n) is 10.1. The topological polar surface area (TPSA) is 77.9 Å². The number of aromatic carboxylic acids is 1. The highest BCUT2D eigenvalue weighted by Gasteiger charge is 2.35. The molecule has 1 aromatic rings. The lowest BCUT2D eigenvalue weighted by Crippen LogP contribution is -2.45. The fourth-order valence-corrected chi connectivity index (χ4v) is 4.67. The summed E-state index contributed by atoms with van der Waals surface area (Å²) in [5.74, 6) is 5.35. The van der Waals surface area contributed by atoms with Crippen molar-refractivity contribution in [3.8, 4) is 11.8 Å². The molecule has 1 aromatic heterocycles. The number of carboxylic acids is 1. The van der Waals surface area contributed by atoms with Crippen molar-refractivity contribution in [3.05, 3.63) is 15.8 Å². The highest BCUT2D eigenvalue weighted by atomic mass is 32.1. The Morgan fingerprint density at radius 1 is 1.19 bits per heavy atom. The molecule has 1 N–H and O–H groups in total. The molecule has 176 valence electrons. The van der Waals surface area contributed by atoms with E-state index in [0.29, 0.717) is 16.5 Å². The van der Waals surface area contributed by atoms with E-state index < -0.39 is 12.0 Å². The van der Waals surface area contributed by atoms with Gasteiger partial charge in [0.15, 0.2) is 0 Å². The van der Waals surface area contributed by atoms with E-state index in [9.17, 15) is 19.5 Å². The molecule has 1 aliphatic rings. The van der Waals surface area contributed by atoms with Gasteiger partial charge in [-0.3, -0.25) is 9.59 Å². The second-order valence-corrected chi connectivity index (χ2v) is 11.2. The lowest BCUT2D eigenvalue weighted by Gasteiger charge is -2.35. The van der Waals surface area contributed by atoms with Gasteiger partial charge in [-0.1, -0.05) is 18.8 Å². The Balaban J connectivity index is 2.51. The first kappa shape index (κ1) is 25.9. The zero-order chi connectivity index (χ0) is 24.2. The van der Waals surface area contributed by atoms with Crippen molar-refractivity contribution in [3.63, 3.8) is 0 Å². The van der Waals surface area contributed by atoms with Crippen molar-refractivity contribution in [2.24, 2.45) is 17.3 Å². The molecule has 0 spiro atoms. The molecule has 7 heteroatoms. The van der Waals surface area contributed by atoms with Gasteiger partial charge in [0.1, 0.15) is 4.88 Å². The number of thiophene rings is 1. The molecule has 2 rings (SSSR count). The van der Waals surface area contributed by atoms with Gasteiger partial charge < -0.3 is 14.9 Å². The van der Waals surface area contributed by atoms with Crippen LogP contribution in [0.5, 0.6) is 0 Å². The van der Waals surface area contributed by atoms with Crippen LogP contribution in [0.3, 0.4) is 0 Å². The zero-order valence-electron chi connectivity index (χ0n) is 20.3. The number of nitrogens with zero attached hydrogens (tertiary/aromatic N) is 2. The van der Waals surface area contributed by atoms with E-state index in [4.69, 9.17) is 0 Å². The summed E-state index contributed by atoms with van der Waals surface area (Å²) >= 11 is 1.08. The quantitative estimate of drug-likeness (QED) is 0.615. The van der Waals surface area contributed by atoms with Gasteiger partial charge in [0.2, 0.25) is 11.8 Å². The first-order valence-electron chi connectivity index (χ1n) is 11.2. The van der Waals surface area contributed by atoms with Gasteiger partial charge in [-0.05, 0) is 65.4 Å². The summed E-state index contributed by atoms with van der Waals surface area (Å²) in [6.45, 7) is 9.97. The van der Waals surface area contributed by atoms with Gasteiger partial charge in [-0.25, -0.2) is 4.79 Å². The predicted molar refractivity (Wildman–Crippen MR) is 129 cm³/mol. The number of rotatable bonds is 6. The molecule has 0 aliphatic heterocycles. The number of hydrogen-bond acceptors (Lipinski definition) is 4. The molecule has 1 aliphatic carbocycles. The fourth-order valence-electron chi connectivity index (χ4n) is 3.83. The summed E-state index contributed by atoms with van der Waals surface area (Å²) in [5.41, 5.74) is 0.121. The average Bonchev–Trinajstić information content (AvgIpc) is 3.10. The van der Waals surface area contributed by atoms with Crippen LogP contribution >= 0.6 is 11.3 Å². The van der Waals surface area contributed by atoms with Crippen molar-refractivity contribution >= 4 is 34.8 Å². The van der Waals surface area contributed by atoms with Gasteiger partial charge in [-0.2, -0.15) is 0 Å². The molecular weight excluding hydrogens is 424 g/mol. The minimum atomic E-state index is -1.09. The predicted octanol–water partition coefficient (Wildman–Crippen LogP) is 4.87. The lowest BCUT2D eigenvalue weighted by molar-refractivity contribution is -0.129. The zero-order valence-corrected chi connectivity index (χ0v) is 21.1. The maximum absolute atomic E-state index is 13.7. The largest absolute Gasteiger partial charge is 0.477 e. The molecule has 0 bridgehead atoms. The van der Waals surface area contributed by atoms with Gasteiger partial charge in [-0.15, -0.1) is 11.3 Å².